The number of aromatic nitrogens is 4. The van der Waals surface area contributed by atoms with Gasteiger partial charge in [-0.05, 0) is 18.4 Å². The Morgan fingerprint density at radius 3 is 2.28 bits per heavy atom. The predicted molar refractivity (Wildman–Crippen MR) is 144 cm³/mol. The van der Waals surface area contributed by atoms with Crippen LogP contribution in [0.5, 0.6) is 0 Å². The van der Waals surface area contributed by atoms with Gasteiger partial charge in [0.1, 0.15) is 17.7 Å². The second-order valence-corrected chi connectivity index (χ2v) is 9.38. The number of nitrogens with two attached hydrogens (primary N) is 2. The molecule has 0 saturated heterocycles. The minimum Gasteiger partial charge on any atom is -0.468 e. The third-order valence-corrected chi connectivity index (χ3v) is 5.98. The predicted octanol–water partition coefficient (Wildman–Crippen LogP) is 3.41. The highest BCUT2D eigenvalue weighted by molar-refractivity contribution is 5.75. The number of fused-ring (bicyclic) bond motifs is 1. The molecule has 5 N–H and O–H groups in total. The van der Waals surface area contributed by atoms with Crippen LogP contribution in [-0.4, -0.2) is 38.3 Å². The van der Waals surface area contributed by atoms with Crippen LogP contribution in [0.3, 0.4) is 0 Å². The number of hydrogen-bond donors (Lipinski definition) is 3. The lowest BCUT2D eigenvalue weighted by Gasteiger charge is -2.11. The number of methoxy groups -OCH3 is 1. The number of ether oxygens (including phenoxy) is 1. The van der Waals surface area contributed by atoms with Crippen molar-refractivity contribution in [2.45, 2.75) is 71.9 Å². The second kappa shape index (κ2) is 14.2. The average molecular weight is 500 g/mol. The minimum absolute atomic E-state index is 0.0306. The molecule has 0 amide bonds. The first-order chi connectivity index (χ1) is 17.1. The van der Waals surface area contributed by atoms with Crippen molar-refractivity contribution in [2.75, 3.05) is 18.2 Å². The van der Waals surface area contributed by atoms with E-state index < -0.39 is 6.04 Å². The molecule has 1 unspecified atom stereocenters. The Labute approximate surface area is 213 Å². The van der Waals surface area contributed by atoms with Crippen LogP contribution >= 0.6 is 0 Å². The van der Waals surface area contributed by atoms with E-state index in [1.165, 1.54) is 45.6 Å². The number of esters is 1. The van der Waals surface area contributed by atoms with E-state index >= 15 is 0 Å². The van der Waals surface area contributed by atoms with E-state index in [0.29, 0.717) is 12.4 Å². The zero-order chi connectivity index (χ0) is 26.7. The van der Waals surface area contributed by atoms with E-state index in [1.807, 2.05) is 20.8 Å². The molecule has 198 valence electrons. The van der Waals surface area contributed by atoms with E-state index in [9.17, 15) is 9.59 Å². The molecule has 1 aliphatic rings. The van der Waals surface area contributed by atoms with Gasteiger partial charge in [0.15, 0.2) is 5.65 Å². The summed E-state index contributed by atoms with van der Waals surface area (Å²) in [4.78, 5) is 26.2. The summed E-state index contributed by atoms with van der Waals surface area (Å²) in [6.07, 6.45) is 12.5. The van der Waals surface area contributed by atoms with E-state index in [2.05, 4.69) is 20.1 Å². The second-order valence-electron chi connectivity index (χ2n) is 9.38. The summed E-state index contributed by atoms with van der Waals surface area (Å²) < 4.78 is 7.67. The van der Waals surface area contributed by atoms with Gasteiger partial charge >= 0.3 is 5.97 Å². The summed E-state index contributed by atoms with van der Waals surface area (Å²) in [5.74, 6) is 1.01. The van der Waals surface area contributed by atoms with Gasteiger partial charge < -0.3 is 26.1 Å². The molecule has 1 fully saturated rings. The topological polar surface area (TPSA) is 143 Å². The summed E-state index contributed by atoms with van der Waals surface area (Å²) in [5.41, 5.74) is 13.9. The molecule has 3 heterocycles. The molecule has 1 atom stereocenters. The fourth-order valence-electron chi connectivity index (χ4n) is 3.63. The van der Waals surface area contributed by atoms with Crippen molar-refractivity contribution >= 4 is 23.3 Å². The normalized spacial score (nSPS) is 13.8. The Morgan fingerprint density at radius 2 is 1.78 bits per heavy atom. The Morgan fingerprint density at radius 1 is 1.17 bits per heavy atom. The highest BCUT2D eigenvalue weighted by Crippen LogP contribution is 2.17. The molecule has 10 nitrogen and oxygen atoms in total. The van der Waals surface area contributed by atoms with Crippen molar-refractivity contribution in [3.8, 4) is 0 Å². The molecule has 36 heavy (non-hydrogen) atoms. The Kier molecular flexibility index (Phi) is 11.4. The smallest absolute Gasteiger partial charge is 0.322 e. The number of anilines is 2. The van der Waals surface area contributed by atoms with Crippen molar-refractivity contribution in [1.29, 1.82) is 0 Å². The standard InChI is InChI=1S/C14H16N6O.C6H13NO2.C6H12/c1-9-6-17-20-12(5-11(15)18-14(9)20)16-7-10-3-4-13(21)19(2)8-10;1-4(2)5(7)6(8)9-3;1-2-4-6-5-3-1/h3-6,8,16H,7H2,1-2H3,(H2,15,18);4-5H,7H2,1-3H3;1-6H2. The third kappa shape index (κ3) is 8.67. The maximum Gasteiger partial charge on any atom is 0.322 e. The summed E-state index contributed by atoms with van der Waals surface area (Å²) >= 11 is 0. The van der Waals surface area contributed by atoms with Gasteiger partial charge in [0, 0.05) is 37.5 Å². The summed E-state index contributed by atoms with van der Waals surface area (Å²) in [5, 5.41) is 7.55. The van der Waals surface area contributed by atoms with Crippen molar-refractivity contribution in [3.05, 3.63) is 52.1 Å². The summed E-state index contributed by atoms with van der Waals surface area (Å²) in [6, 6.07) is 4.60. The third-order valence-electron chi connectivity index (χ3n) is 5.98. The molecule has 0 bridgehead atoms. The van der Waals surface area contributed by atoms with Gasteiger partial charge in [-0.15, -0.1) is 0 Å². The lowest BCUT2D eigenvalue weighted by molar-refractivity contribution is -0.143. The molecule has 0 aromatic carbocycles. The maximum atomic E-state index is 11.4. The quantitative estimate of drug-likeness (QED) is 0.453. The van der Waals surface area contributed by atoms with Gasteiger partial charge in [-0.3, -0.25) is 9.59 Å². The van der Waals surface area contributed by atoms with Gasteiger partial charge in [-0.1, -0.05) is 58.4 Å². The van der Waals surface area contributed by atoms with E-state index in [4.69, 9.17) is 11.5 Å². The SMILES string of the molecule is C1CCCCC1.COC(=O)C(N)C(C)C.Cc1cnn2c(NCc3ccc(=O)n(C)c3)cc(N)nc12. The molecule has 1 aliphatic carbocycles. The molecule has 3 aromatic heterocycles. The highest BCUT2D eigenvalue weighted by Gasteiger charge is 2.16. The van der Waals surface area contributed by atoms with Crippen LogP contribution in [0.25, 0.3) is 5.65 Å². The van der Waals surface area contributed by atoms with E-state index in [-0.39, 0.29) is 17.4 Å². The zero-order valence-corrected chi connectivity index (χ0v) is 22.2. The number of hydrogen-bond acceptors (Lipinski definition) is 8. The molecule has 0 radical (unpaired) electrons. The first-order valence-corrected chi connectivity index (χ1v) is 12.5. The first-order valence-electron chi connectivity index (χ1n) is 12.5. The monoisotopic (exact) mass is 499 g/mol. The molecule has 3 aromatic rings. The number of nitrogens with one attached hydrogen (secondary N) is 1. The molecule has 0 aliphatic heterocycles. The number of nitrogens with zero attached hydrogens (tertiary/aromatic N) is 4. The fourth-order valence-corrected chi connectivity index (χ4v) is 3.63. The van der Waals surface area contributed by atoms with Crippen LogP contribution in [0.15, 0.2) is 35.4 Å². The number of carbonyl (C=O) groups excluding carboxylic acids is 1. The van der Waals surface area contributed by atoms with E-state index in [1.54, 1.807) is 46.7 Å². The summed E-state index contributed by atoms with van der Waals surface area (Å²) in [6.45, 7) is 6.25. The molecule has 4 rings (SSSR count). The number of nitrogen functional groups attached to an aromatic ring is 1. The molecular formula is C26H41N7O3. The van der Waals surface area contributed by atoms with Gasteiger partial charge in [-0.2, -0.15) is 9.61 Å². The highest BCUT2D eigenvalue weighted by atomic mass is 16.5. The summed E-state index contributed by atoms with van der Waals surface area (Å²) in [7, 11) is 3.07. The Hall–Kier alpha value is -3.40. The van der Waals surface area contributed by atoms with E-state index in [0.717, 1.165) is 22.6 Å². The van der Waals surface area contributed by atoms with Crippen molar-refractivity contribution in [3.63, 3.8) is 0 Å². The molecule has 10 heteroatoms. The maximum absolute atomic E-state index is 11.4. The van der Waals surface area contributed by atoms with Crippen molar-refractivity contribution < 1.29 is 9.53 Å². The first kappa shape index (κ1) is 28.8. The fraction of sp³-hybridized carbons (Fsp3) is 0.538. The van der Waals surface area contributed by atoms with Crippen LogP contribution in [-0.2, 0) is 23.1 Å². The lowest BCUT2D eigenvalue weighted by Crippen LogP contribution is -2.36. The minimum atomic E-state index is -0.477. The van der Waals surface area contributed by atoms with Crippen LogP contribution in [0.1, 0.15) is 63.5 Å². The van der Waals surface area contributed by atoms with Gasteiger partial charge in [0.25, 0.3) is 0 Å². The lowest BCUT2D eigenvalue weighted by atomic mass is 10.0. The largest absolute Gasteiger partial charge is 0.468 e. The number of pyridine rings is 1. The van der Waals surface area contributed by atoms with Crippen LogP contribution in [0.2, 0.25) is 0 Å². The van der Waals surface area contributed by atoms with Gasteiger partial charge in [0.2, 0.25) is 5.56 Å². The number of aryl methyl sites for hydroxylation is 2. The number of rotatable bonds is 5. The van der Waals surface area contributed by atoms with Crippen LogP contribution in [0, 0.1) is 12.8 Å². The Bertz CT molecular complexity index is 1150. The number of carbonyl (C=O) groups is 1. The van der Waals surface area contributed by atoms with Crippen molar-refractivity contribution in [2.24, 2.45) is 18.7 Å². The molecule has 1 saturated carbocycles. The zero-order valence-electron chi connectivity index (χ0n) is 22.2. The van der Waals surface area contributed by atoms with Crippen LogP contribution in [0.4, 0.5) is 11.6 Å². The van der Waals surface area contributed by atoms with Gasteiger partial charge in [-0.25, -0.2) is 4.98 Å². The van der Waals surface area contributed by atoms with Gasteiger partial charge in [0.05, 0.1) is 13.3 Å². The molecule has 0 spiro atoms. The molecular weight excluding hydrogens is 458 g/mol. The Balaban J connectivity index is 0.000000250. The van der Waals surface area contributed by atoms with Crippen LogP contribution < -0.4 is 22.3 Å². The van der Waals surface area contributed by atoms with Crippen molar-refractivity contribution in [1.82, 2.24) is 19.2 Å². The average Bonchev–Trinajstić information content (AvgIpc) is 3.25.